The van der Waals surface area contributed by atoms with E-state index in [1.54, 1.807) is 0 Å². The molecule has 0 radical (unpaired) electrons. The van der Waals surface area contributed by atoms with E-state index in [0.29, 0.717) is 25.0 Å². The van der Waals surface area contributed by atoms with Gasteiger partial charge in [-0.15, -0.1) is 0 Å². The minimum atomic E-state index is -0.0782. The molecule has 1 aromatic carbocycles. The van der Waals surface area contributed by atoms with Gasteiger partial charge in [0.15, 0.2) is 6.29 Å². The molecule has 0 atom stereocenters. The van der Waals surface area contributed by atoms with Crippen LogP contribution in [0.1, 0.15) is 59.9 Å². The van der Waals surface area contributed by atoms with E-state index in [9.17, 15) is 4.79 Å². The number of carbonyl (C=O) groups excluding carboxylic acids is 1. The molecule has 3 heterocycles. The number of hydrogen-bond acceptors (Lipinski definition) is 3. The van der Waals surface area contributed by atoms with Gasteiger partial charge in [0.25, 0.3) is 5.91 Å². The van der Waals surface area contributed by atoms with Gasteiger partial charge in [-0.25, -0.2) is 0 Å². The van der Waals surface area contributed by atoms with Gasteiger partial charge in [-0.3, -0.25) is 4.79 Å². The van der Waals surface area contributed by atoms with Gasteiger partial charge >= 0.3 is 0 Å². The van der Waals surface area contributed by atoms with E-state index in [4.69, 9.17) is 9.47 Å². The molecule has 2 fully saturated rings. The maximum atomic E-state index is 13.3. The predicted octanol–water partition coefficient (Wildman–Crippen LogP) is 4.44. The Labute approximate surface area is 173 Å². The quantitative estimate of drug-likeness (QED) is 0.767. The average Bonchev–Trinajstić information content (AvgIpc) is 3.36. The van der Waals surface area contributed by atoms with Crippen LogP contribution in [0.3, 0.4) is 0 Å². The number of likely N-dealkylation sites (tertiary alicyclic amines) is 1. The van der Waals surface area contributed by atoms with Crippen molar-refractivity contribution in [3.05, 3.63) is 52.8 Å². The molecule has 0 N–H and O–H groups in total. The molecular formula is C24H32N2O3. The standard InChI is InChI=1S/C24H32N2O3/c1-16(2)20-6-5-7-21(15-20)26-17(3)14-22(18(26)4)23(27)25-10-8-19(9-11-25)24-28-12-13-29-24/h5-7,14-16,19,24H,8-13H2,1-4H3. The van der Waals surface area contributed by atoms with Gasteiger partial charge in [0.2, 0.25) is 0 Å². The van der Waals surface area contributed by atoms with Crippen LogP contribution in [0.25, 0.3) is 5.69 Å². The van der Waals surface area contributed by atoms with Gasteiger partial charge in [0, 0.05) is 36.1 Å². The number of aryl methyl sites for hydroxylation is 1. The minimum Gasteiger partial charge on any atom is -0.350 e. The van der Waals surface area contributed by atoms with Gasteiger partial charge in [-0.2, -0.15) is 0 Å². The summed E-state index contributed by atoms with van der Waals surface area (Å²) in [6.45, 7) is 11.4. The lowest BCUT2D eigenvalue weighted by atomic mass is 9.95. The van der Waals surface area contributed by atoms with E-state index in [0.717, 1.165) is 48.6 Å². The highest BCUT2D eigenvalue weighted by Crippen LogP contribution is 2.29. The first kappa shape index (κ1) is 20.2. The lowest BCUT2D eigenvalue weighted by molar-refractivity contribution is -0.0956. The molecule has 0 spiro atoms. The van der Waals surface area contributed by atoms with Crippen LogP contribution in [0.4, 0.5) is 0 Å². The third-order valence-electron chi connectivity index (χ3n) is 6.32. The zero-order valence-electron chi connectivity index (χ0n) is 18.0. The second-order valence-electron chi connectivity index (χ2n) is 8.61. The summed E-state index contributed by atoms with van der Waals surface area (Å²) in [5, 5.41) is 0. The van der Waals surface area contributed by atoms with E-state index in [1.807, 2.05) is 11.0 Å². The van der Waals surface area contributed by atoms with E-state index >= 15 is 0 Å². The fourth-order valence-electron chi connectivity index (χ4n) is 4.59. The Morgan fingerprint density at radius 3 is 2.41 bits per heavy atom. The van der Waals surface area contributed by atoms with Crippen LogP contribution in [0.2, 0.25) is 0 Å². The molecule has 0 bridgehead atoms. The number of hydrogen-bond donors (Lipinski definition) is 0. The van der Waals surface area contributed by atoms with Gasteiger partial charge in [0.1, 0.15) is 0 Å². The molecule has 2 aliphatic heterocycles. The van der Waals surface area contributed by atoms with E-state index in [-0.39, 0.29) is 12.2 Å². The summed E-state index contributed by atoms with van der Waals surface area (Å²) >= 11 is 0. The number of amides is 1. The molecule has 2 aliphatic rings. The van der Waals surface area contributed by atoms with Crippen LogP contribution in [0.5, 0.6) is 0 Å². The average molecular weight is 397 g/mol. The van der Waals surface area contributed by atoms with Gasteiger partial charge in [-0.1, -0.05) is 26.0 Å². The molecule has 1 amide bonds. The highest BCUT2D eigenvalue weighted by molar-refractivity contribution is 5.96. The number of nitrogens with zero attached hydrogens (tertiary/aromatic N) is 2. The molecule has 0 saturated carbocycles. The molecule has 5 heteroatoms. The largest absolute Gasteiger partial charge is 0.350 e. The molecule has 4 rings (SSSR count). The fraction of sp³-hybridized carbons (Fsp3) is 0.542. The molecule has 0 aliphatic carbocycles. The van der Waals surface area contributed by atoms with Crippen molar-refractivity contribution < 1.29 is 14.3 Å². The fourth-order valence-corrected chi connectivity index (χ4v) is 4.59. The molecule has 2 aromatic rings. The molecule has 156 valence electrons. The van der Waals surface area contributed by atoms with Crippen molar-refractivity contribution in [1.29, 1.82) is 0 Å². The van der Waals surface area contributed by atoms with Crippen LogP contribution >= 0.6 is 0 Å². The summed E-state index contributed by atoms with van der Waals surface area (Å²) in [6.07, 6.45) is 1.79. The molecule has 0 unspecified atom stereocenters. The van der Waals surface area contributed by atoms with Crippen molar-refractivity contribution >= 4 is 5.91 Å². The summed E-state index contributed by atoms with van der Waals surface area (Å²) < 4.78 is 13.5. The molecule has 2 saturated heterocycles. The van der Waals surface area contributed by atoms with Crippen LogP contribution in [-0.2, 0) is 9.47 Å². The summed E-state index contributed by atoms with van der Waals surface area (Å²) in [5.74, 6) is 1.00. The van der Waals surface area contributed by atoms with Crippen molar-refractivity contribution in [3.63, 3.8) is 0 Å². The smallest absolute Gasteiger partial charge is 0.255 e. The summed E-state index contributed by atoms with van der Waals surface area (Å²) in [5.41, 5.74) is 5.34. The third-order valence-corrected chi connectivity index (χ3v) is 6.32. The topological polar surface area (TPSA) is 43.7 Å². The Morgan fingerprint density at radius 1 is 1.07 bits per heavy atom. The zero-order chi connectivity index (χ0) is 20.5. The maximum absolute atomic E-state index is 13.3. The highest BCUT2D eigenvalue weighted by Gasteiger charge is 2.32. The zero-order valence-corrected chi connectivity index (χ0v) is 18.0. The SMILES string of the molecule is Cc1cc(C(=O)N2CCC(C3OCCO3)CC2)c(C)n1-c1cccc(C(C)C)c1. The monoisotopic (exact) mass is 396 g/mol. The Morgan fingerprint density at radius 2 is 1.76 bits per heavy atom. The minimum absolute atomic E-state index is 0.0782. The van der Waals surface area contributed by atoms with Crippen molar-refractivity contribution in [2.75, 3.05) is 26.3 Å². The number of rotatable bonds is 4. The summed E-state index contributed by atoms with van der Waals surface area (Å²) in [7, 11) is 0. The number of carbonyl (C=O) groups is 1. The first-order valence-corrected chi connectivity index (χ1v) is 10.8. The van der Waals surface area contributed by atoms with Crippen LogP contribution < -0.4 is 0 Å². The second kappa shape index (κ2) is 8.33. The lowest BCUT2D eigenvalue weighted by Crippen LogP contribution is -2.41. The molecule has 5 nitrogen and oxygen atoms in total. The number of benzene rings is 1. The number of aromatic nitrogens is 1. The van der Waals surface area contributed by atoms with Gasteiger partial charge in [0.05, 0.1) is 18.8 Å². The number of piperidine rings is 1. The van der Waals surface area contributed by atoms with Crippen LogP contribution in [0.15, 0.2) is 30.3 Å². The van der Waals surface area contributed by atoms with Crippen LogP contribution in [0, 0.1) is 19.8 Å². The lowest BCUT2D eigenvalue weighted by Gasteiger charge is -2.33. The first-order valence-electron chi connectivity index (χ1n) is 10.8. The second-order valence-corrected chi connectivity index (χ2v) is 8.61. The highest BCUT2D eigenvalue weighted by atomic mass is 16.7. The van der Waals surface area contributed by atoms with E-state index in [1.165, 1.54) is 5.56 Å². The van der Waals surface area contributed by atoms with Crippen molar-refractivity contribution in [1.82, 2.24) is 9.47 Å². The summed E-state index contributed by atoms with van der Waals surface area (Å²) in [6, 6.07) is 10.6. The molecular weight excluding hydrogens is 364 g/mol. The number of ether oxygens (including phenoxy) is 2. The van der Waals surface area contributed by atoms with Gasteiger partial charge < -0.3 is 18.9 Å². The van der Waals surface area contributed by atoms with E-state index in [2.05, 4.69) is 56.5 Å². The Balaban J connectivity index is 1.52. The van der Waals surface area contributed by atoms with Gasteiger partial charge in [-0.05, 0) is 56.4 Å². The molecule has 29 heavy (non-hydrogen) atoms. The Hall–Kier alpha value is -2.11. The third kappa shape index (κ3) is 3.99. The summed E-state index contributed by atoms with van der Waals surface area (Å²) in [4.78, 5) is 15.3. The van der Waals surface area contributed by atoms with Crippen molar-refractivity contribution in [2.24, 2.45) is 5.92 Å². The van der Waals surface area contributed by atoms with Crippen molar-refractivity contribution in [3.8, 4) is 5.69 Å². The van der Waals surface area contributed by atoms with Crippen molar-refractivity contribution in [2.45, 2.75) is 52.7 Å². The predicted molar refractivity (Wildman–Crippen MR) is 114 cm³/mol. The first-order chi connectivity index (χ1) is 14.0. The maximum Gasteiger partial charge on any atom is 0.255 e. The van der Waals surface area contributed by atoms with E-state index < -0.39 is 0 Å². The van der Waals surface area contributed by atoms with Crippen LogP contribution in [-0.4, -0.2) is 48.0 Å². The Bertz CT molecular complexity index is 872. The normalized spacial score (nSPS) is 18.7. The molecule has 1 aromatic heterocycles. The Kier molecular flexibility index (Phi) is 5.79.